The van der Waals surface area contributed by atoms with Crippen LogP contribution in [0.1, 0.15) is 54.5 Å². The standard InChI is InChI=1S/C41H44ClN3O7/c1-4-6-20-33(47)51-25-30(27-15-9-7-10-16-27)43-38(48)34-32-21-22-41(52-32)35(34)39(49)45(31(24-46)28-17-11-8-12-18-28)37(41)40(50)44(23-5-2)36-26(3)14-13-19-29(36)42/h4-5,7-19,30-32,34-35,37,46H,1-2,6,20-25H2,3H3,(H,43,48)/t30-,31-,32-,34+,35+,37-,41+/m1/s1. The molecule has 272 valence electrons. The smallest absolute Gasteiger partial charge is 0.306 e. The van der Waals surface area contributed by atoms with E-state index in [-0.39, 0.29) is 19.6 Å². The minimum Gasteiger partial charge on any atom is -0.463 e. The summed E-state index contributed by atoms with van der Waals surface area (Å²) in [5.41, 5.74) is 1.22. The molecule has 0 saturated carbocycles. The van der Waals surface area contributed by atoms with Gasteiger partial charge in [0.05, 0.1) is 47.3 Å². The number of nitrogens with zero attached hydrogens (tertiary/aromatic N) is 2. The van der Waals surface area contributed by atoms with Crippen LogP contribution < -0.4 is 10.2 Å². The highest BCUT2D eigenvalue weighted by Crippen LogP contribution is 2.60. The van der Waals surface area contributed by atoms with E-state index in [0.717, 1.165) is 11.1 Å². The van der Waals surface area contributed by atoms with E-state index in [2.05, 4.69) is 18.5 Å². The first-order valence-corrected chi connectivity index (χ1v) is 18.0. The third kappa shape index (κ3) is 6.78. The van der Waals surface area contributed by atoms with Crippen molar-refractivity contribution in [2.75, 3.05) is 24.7 Å². The fourth-order valence-electron chi connectivity index (χ4n) is 8.21. The predicted octanol–water partition coefficient (Wildman–Crippen LogP) is 5.64. The first-order valence-electron chi connectivity index (χ1n) is 17.6. The summed E-state index contributed by atoms with van der Waals surface area (Å²) in [6.45, 7) is 8.90. The molecule has 2 N–H and O–H groups in total. The van der Waals surface area contributed by atoms with Crippen molar-refractivity contribution < 1.29 is 33.8 Å². The van der Waals surface area contributed by atoms with Gasteiger partial charge in [0, 0.05) is 13.0 Å². The molecule has 3 aromatic rings. The monoisotopic (exact) mass is 725 g/mol. The number of nitrogens with one attached hydrogen (secondary N) is 1. The van der Waals surface area contributed by atoms with Gasteiger partial charge in [0.1, 0.15) is 18.2 Å². The number of rotatable bonds is 15. The topological polar surface area (TPSA) is 125 Å². The average molecular weight is 726 g/mol. The summed E-state index contributed by atoms with van der Waals surface area (Å²) in [6.07, 6.45) is 3.99. The van der Waals surface area contributed by atoms with Gasteiger partial charge in [0.15, 0.2) is 0 Å². The van der Waals surface area contributed by atoms with Crippen LogP contribution in [0.2, 0.25) is 5.02 Å². The third-order valence-electron chi connectivity index (χ3n) is 10.5. The van der Waals surface area contributed by atoms with Crippen LogP contribution in [0.5, 0.6) is 0 Å². The molecule has 3 aromatic carbocycles. The van der Waals surface area contributed by atoms with Gasteiger partial charge in [-0.15, -0.1) is 13.2 Å². The summed E-state index contributed by atoms with van der Waals surface area (Å²) in [4.78, 5) is 60.0. The van der Waals surface area contributed by atoms with Crippen molar-refractivity contribution in [1.82, 2.24) is 10.2 Å². The van der Waals surface area contributed by atoms with Crippen LogP contribution in [0, 0.1) is 18.8 Å². The zero-order valence-corrected chi connectivity index (χ0v) is 29.9. The zero-order valence-electron chi connectivity index (χ0n) is 29.2. The van der Waals surface area contributed by atoms with Gasteiger partial charge in [-0.25, -0.2) is 0 Å². The maximum atomic E-state index is 15.1. The Labute approximate surface area is 309 Å². The lowest BCUT2D eigenvalue weighted by Gasteiger charge is -2.39. The lowest BCUT2D eigenvalue weighted by Crippen LogP contribution is -2.57. The van der Waals surface area contributed by atoms with E-state index in [1.54, 1.807) is 48.6 Å². The van der Waals surface area contributed by atoms with Crippen molar-refractivity contribution in [2.24, 2.45) is 11.8 Å². The maximum Gasteiger partial charge on any atom is 0.306 e. The van der Waals surface area contributed by atoms with Gasteiger partial charge in [-0.2, -0.15) is 0 Å². The second-order valence-electron chi connectivity index (χ2n) is 13.5. The molecule has 7 atom stereocenters. The Hall–Kier alpha value is -4.77. The minimum absolute atomic E-state index is 0.0927. The van der Waals surface area contributed by atoms with Crippen molar-refractivity contribution in [3.05, 3.63) is 126 Å². The number of likely N-dealkylation sites (tertiary alicyclic amines) is 1. The Morgan fingerprint density at radius 1 is 1.06 bits per heavy atom. The summed E-state index contributed by atoms with van der Waals surface area (Å²) < 4.78 is 12.3. The van der Waals surface area contributed by atoms with E-state index in [1.165, 1.54) is 9.80 Å². The first kappa shape index (κ1) is 37.0. The Balaban J connectivity index is 1.39. The fourth-order valence-corrected chi connectivity index (χ4v) is 8.54. The maximum absolute atomic E-state index is 15.1. The molecule has 0 aliphatic carbocycles. The molecular formula is C41H44ClN3O7. The normalized spacial score (nSPS) is 24.1. The number of carbonyl (C=O) groups is 4. The number of esters is 1. The molecule has 3 fully saturated rings. The van der Waals surface area contributed by atoms with Crippen molar-refractivity contribution in [1.29, 1.82) is 0 Å². The number of aryl methyl sites for hydroxylation is 1. The predicted molar refractivity (Wildman–Crippen MR) is 197 cm³/mol. The molecule has 3 heterocycles. The lowest BCUT2D eigenvalue weighted by molar-refractivity contribution is -0.146. The molecule has 3 aliphatic heterocycles. The van der Waals surface area contributed by atoms with Crippen LogP contribution in [-0.4, -0.2) is 71.2 Å². The number of para-hydroxylation sites is 1. The number of allylic oxidation sites excluding steroid dienone is 1. The molecule has 3 aliphatic rings. The van der Waals surface area contributed by atoms with Gasteiger partial charge in [-0.05, 0) is 48.9 Å². The van der Waals surface area contributed by atoms with Crippen LogP contribution >= 0.6 is 11.6 Å². The molecule has 0 aromatic heterocycles. The molecule has 1 spiro atoms. The van der Waals surface area contributed by atoms with Crippen LogP contribution in [0.25, 0.3) is 0 Å². The van der Waals surface area contributed by atoms with Gasteiger partial charge < -0.3 is 29.7 Å². The highest BCUT2D eigenvalue weighted by atomic mass is 35.5. The molecule has 3 amide bonds. The van der Waals surface area contributed by atoms with E-state index < -0.39 is 72.0 Å². The Morgan fingerprint density at radius 3 is 2.38 bits per heavy atom. The number of benzene rings is 3. The highest BCUT2D eigenvalue weighted by Gasteiger charge is 2.75. The molecule has 2 bridgehead atoms. The molecule has 0 radical (unpaired) electrons. The number of aliphatic hydroxyl groups is 1. The van der Waals surface area contributed by atoms with Gasteiger partial charge in [0.25, 0.3) is 5.91 Å². The number of halogens is 1. The van der Waals surface area contributed by atoms with E-state index >= 15 is 4.79 Å². The van der Waals surface area contributed by atoms with E-state index in [1.807, 2.05) is 49.4 Å². The van der Waals surface area contributed by atoms with E-state index in [9.17, 15) is 19.5 Å². The first-order chi connectivity index (χ1) is 25.2. The number of hydrogen-bond donors (Lipinski definition) is 2. The van der Waals surface area contributed by atoms with Crippen LogP contribution in [0.3, 0.4) is 0 Å². The van der Waals surface area contributed by atoms with Crippen molar-refractivity contribution in [2.45, 2.75) is 62.4 Å². The van der Waals surface area contributed by atoms with Gasteiger partial charge in [0.2, 0.25) is 11.8 Å². The Bertz CT molecular complexity index is 1800. The molecular weight excluding hydrogens is 682 g/mol. The number of anilines is 1. The molecule has 0 unspecified atom stereocenters. The molecule has 6 rings (SSSR count). The SMILES string of the molecule is C=CCCC(=O)OC[C@@H](NC(=O)[C@@H]1[C@H]2C(=O)N([C@H](CO)c3ccccc3)[C@H](C(=O)N(CC=C)c3c(C)cccc3Cl)[C@]23CC[C@H]1O3)c1ccccc1. The van der Waals surface area contributed by atoms with Crippen molar-refractivity contribution >= 4 is 41.0 Å². The van der Waals surface area contributed by atoms with Crippen LogP contribution in [0.15, 0.2) is 104 Å². The minimum atomic E-state index is -1.36. The molecule has 10 nitrogen and oxygen atoms in total. The average Bonchev–Trinajstić information content (AvgIpc) is 3.80. The second-order valence-corrected chi connectivity index (χ2v) is 13.9. The van der Waals surface area contributed by atoms with Crippen LogP contribution in [0.4, 0.5) is 5.69 Å². The largest absolute Gasteiger partial charge is 0.463 e. The summed E-state index contributed by atoms with van der Waals surface area (Å²) in [6, 6.07) is 20.7. The van der Waals surface area contributed by atoms with Gasteiger partial charge >= 0.3 is 5.97 Å². The number of amides is 3. The fraction of sp³-hybridized carbons (Fsp3) is 0.366. The number of carbonyl (C=O) groups excluding carboxylic acids is 4. The van der Waals surface area contributed by atoms with Crippen molar-refractivity contribution in [3.8, 4) is 0 Å². The Kier molecular flexibility index (Phi) is 11.3. The number of fused-ring (bicyclic) bond motifs is 1. The third-order valence-corrected chi connectivity index (χ3v) is 10.8. The highest BCUT2D eigenvalue weighted by molar-refractivity contribution is 6.34. The van der Waals surface area contributed by atoms with Crippen molar-refractivity contribution in [3.63, 3.8) is 0 Å². The quantitative estimate of drug-likeness (QED) is 0.153. The van der Waals surface area contributed by atoms with Crippen LogP contribution in [-0.2, 0) is 28.7 Å². The summed E-state index contributed by atoms with van der Waals surface area (Å²) in [7, 11) is 0. The summed E-state index contributed by atoms with van der Waals surface area (Å²) in [5.74, 6) is -3.74. The zero-order chi connectivity index (χ0) is 37.0. The number of aliphatic hydroxyl groups excluding tert-OH is 1. The lowest BCUT2D eigenvalue weighted by atomic mass is 9.70. The number of ether oxygens (including phenoxy) is 2. The summed E-state index contributed by atoms with van der Waals surface area (Å²) >= 11 is 6.71. The Morgan fingerprint density at radius 2 is 1.75 bits per heavy atom. The van der Waals surface area contributed by atoms with E-state index in [0.29, 0.717) is 35.5 Å². The van der Waals surface area contributed by atoms with E-state index in [4.69, 9.17) is 21.1 Å². The second kappa shape index (κ2) is 15.9. The van der Waals surface area contributed by atoms with Gasteiger partial charge in [-0.1, -0.05) is 96.5 Å². The molecule has 11 heteroatoms. The molecule has 52 heavy (non-hydrogen) atoms. The molecule has 3 saturated heterocycles. The van der Waals surface area contributed by atoms with Gasteiger partial charge in [-0.3, -0.25) is 19.2 Å². The summed E-state index contributed by atoms with van der Waals surface area (Å²) in [5, 5.41) is 14.3. The number of hydrogen-bond acceptors (Lipinski definition) is 7.